The van der Waals surface area contributed by atoms with Crippen molar-refractivity contribution >= 4 is 43.6 Å². The predicted octanol–water partition coefficient (Wildman–Crippen LogP) is 1.25. The van der Waals surface area contributed by atoms with Gasteiger partial charge in [-0.25, -0.2) is 13.2 Å². The number of rotatable bonds is 6. The second kappa shape index (κ2) is 8.82. The van der Waals surface area contributed by atoms with Crippen LogP contribution in [0.3, 0.4) is 0 Å². The number of halogens is 1. The van der Waals surface area contributed by atoms with E-state index < -0.39 is 28.5 Å². The van der Waals surface area contributed by atoms with Gasteiger partial charge in [0.15, 0.2) is 12.4 Å². The van der Waals surface area contributed by atoms with Crippen LogP contribution in [0.2, 0.25) is 0 Å². The molecule has 1 amide bonds. The minimum atomic E-state index is -3.81. The molecular weight excluding hydrogens is 458 g/mol. The lowest BCUT2D eigenvalue weighted by Crippen LogP contribution is -2.40. The number of ether oxygens (including phenoxy) is 2. The Morgan fingerprint density at radius 2 is 2.00 bits per heavy atom. The Kier molecular flexibility index (Phi) is 6.44. The molecule has 1 aliphatic rings. The normalized spacial score (nSPS) is 15.2. The summed E-state index contributed by atoms with van der Waals surface area (Å²) in [6.45, 7) is 0.503. The number of nitrogens with zero attached hydrogens (tertiary/aromatic N) is 2. The van der Waals surface area contributed by atoms with E-state index in [9.17, 15) is 18.0 Å². The number of nitrogens with one attached hydrogen (secondary N) is 1. The van der Waals surface area contributed by atoms with E-state index in [1.807, 2.05) is 0 Å². The lowest BCUT2D eigenvalue weighted by molar-refractivity contribution is -0.119. The topological polar surface area (TPSA) is 128 Å². The van der Waals surface area contributed by atoms with Crippen LogP contribution in [0.5, 0.6) is 0 Å². The summed E-state index contributed by atoms with van der Waals surface area (Å²) in [6.07, 6.45) is 1.28. The molecule has 1 fully saturated rings. The summed E-state index contributed by atoms with van der Waals surface area (Å²) in [7, 11) is -3.81. The second-order valence-corrected chi connectivity index (χ2v) is 8.43. The molecule has 0 atom stereocenters. The van der Waals surface area contributed by atoms with E-state index in [1.165, 1.54) is 34.8 Å². The number of aromatic nitrogens is 1. The Hall–Kier alpha value is -2.28. The molecular formula is C16H16BrN3O7S. The SMILES string of the molecule is O=C(COC(=O)c1ccc(Br)c(S(=O)(=O)N2CCOCC2)c1)Nc1ccon1. The van der Waals surface area contributed by atoms with Gasteiger partial charge in [-0.15, -0.1) is 0 Å². The highest BCUT2D eigenvalue weighted by Crippen LogP contribution is 2.27. The molecule has 10 nitrogen and oxygen atoms in total. The number of benzene rings is 1. The van der Waals surface area contributed by atoms with Crippen molar-refractivity contribution in [1.82, 2.24) is 9.46 Å². The van der Waals surface area contributed by atoms with E-state index in [-0.39, 0.29) is 29.4 Å². The lowest BCUT2D eigenvalue weighted by Gasteiger charge is -2.26. The number of esters is 1. The zero-order chi connectivity index (χ0) is 20.1. The van der Waals surface area contributed by atoms with Crippen LogP contribution in [0.25, 0.3) is 0 Å². The van der Waals surface area contributed by atoms with E-state index in [2.05, 4.69) is 30.9 Å². The van der Waals surface area contributed by atoms with Crippen molar-refractivity contribution in [3.05, 3.63) is 40.6 Å². The van der Waals surface area contributed by atoms with Crippen molar-refractivity contribution in [2.45, 2.75) is 4.90 Å². The van der Waals surface area contributed by atoms with Gasteiger partial charge in [0, 0.05) is 23.6 Å². The molecule has 1 aromatic carbocycles. The van der Waals surface area contributed by atoms with E-state index in [0.717, 1.165) is 0 Å². The smallest absolute Gasteiger partial charge is 0.338 e. The summed E-state index contributed by atoms with van der Waals surface area (Å²) in [5, 5.41) is 5.87. The molecule has 3 rings (SSSR count). The summed E-state index contributed by atoms with van der Waals surface area (Å²) in [4.78, 5) is 23.9. The zero-order valence-corrected chi connectivity index (χ0v) is 16.9. The highest BCUT2D eigenvalue weighted by Gasteiger charge is 2.29. The van der Waals surface area contributed by atoms with Crippen LogP contribution in [0.1, 0.15) is 10.4 Å². The zero-order valence-electron chi connectivity index (χ0n) is 14.5. The average molecular weight is 474 g/mol. The Morgan fingerprint density at radius 3 is 2.68 bits per heavy atom. The molecule has 1 saturated heterocycles. The van der Waals surface area contributed by atoms with Gasteiger partial charge in [0.25, 0.3) is 5.91 Å². The molecule has 0 spiro atoms. The van der Waals surface area contributed by atoms with Crippen LogP contribution < -0.4 is 5.32 Å². The fraction of sp³-hybridized carbons (Fsp3) is 0.312. The molecule has 2 heterocycles. The number of amides is 1. The van der Waals surface area contributed by atoms with Crippen LogP contribution in [-0.4, -0.2) is 62.7 Å². The molecule has 28 heavy (non-hydrogen) atoms. The molecule has 2 aromatic rings. The van der Waals surface area contributed by atoms with Gasteiger partial charge in [0.05, 0.1) is 23.7 Å². The fourth-order valence-electron chi connectivity index (χ4n) is 2.42. The van der Waals surface area contributed by atoms with Crippen molar-refractivity contribution in [3.63, 3.8) is 0 Å². The summed E-state index contributed by atoms with van der Waals surface area (Å²) < 4.78 is 42.0. The maximum atomic E-state index is 12.8. The highest BCUT2D eigenvalue weighted by molar-refractivity contribution is 9.10. The van der Waals surface area contributed by atoms with Gasteiger partial charge < -0.3 is 19.3 Å². The quantitative estimate of drug-likeness (QED) is 0.620. The molecule has 1 N–H and O–H groups in total. The van der Waals surface area contributed by atoms with Gasteiger partial charge >= 0.3 is 5.97 Å². The number of carbonyl (C=O) groups is 2. The third kappa shape index (κ3) is 4.76. The van der Waals surface area contributed by atoms with Crippen LogP contribution in [0.4, 0.5) is 5.82 Å². The molecule has 1 aromatic heterocycles. The van der Waals surface area contributed by atoms with Gasteiger partial charge in [0.2, 0.25) is 10.0 Å². The third-order valence-electron chi connectivity index (χ3n) is 3.79. The summed E-state index contributed by atoms with van der Waals surface area (Å²) in [6, 6.07) is 5.49. The van der Waals surface area contributed by atoms with Crippen molar-refractivity contribution in [2.24, 2.45) is 0 Å². The molecule has 0 saturated carbocycles. The first-order valence-corrected chi connectivity index (χ1v) is 10.4. The summed E-state index contributed by atoms with van der Waals surface area (Å²) >= 11 is 3.21. The first-order valence-electron chi connectivity index (χ1n) is 8.13. The van der Waals surface area contributed by atoms with Crippen molar-refractivity contribution in [1.29, 1.82) is 0 Å². The maximum Gasteiger partial charge on any atom is 0.338 e. The van der Waals surface area contributed by atoms with Crippen LogP contribution >= 0.6 is 15.9 Å². The number of hydrogen-bond acceptors (Lipinski definition) is 8. The Balaban J connectivity index is 1.69. The Labute approximate surface area is 168 Å². The summed E-state index contributed by atoms with van der Waals surface area (Å²) in [5.41, 5.74) is 0.00395. The van der Waals surface area contributed by atoms with Crippen LogP contribution in [0, 0.1) is 0 Å². The standard InChI is InChI=1S/C16H16BrN3O7S/c17-12-2-1-11(9-13(12)28(23,24)20-4-7-25-8-5-20)16(22)26-10-15(21)18-14-3-6-27-19-14/h1-3,6,9H,4-5,7-8,10H2,(H,18,19,21). The minimum absolute atomic E-state index is 0.00395. The van der Waals surface area contributed by atoms with Crippen molar-refractivity contribution < 1.29 is 32.0 Å². The third-order valence-corrected chi connectivity index (χ3v) is 6.69. The molecule has 0 bridgehead atoms. The van der Waals surface area contributed by atoms with E-state index in [1.54, 1.807) is 0 Å². The number of hydrogen-bond donors (Lipinski definition) is 1. The molecule has 150 valence electrons. The van der Waals surface area contributed by atoms with E-state index in [4.69, 9.17) is 9.47 Å². The van der Waals surface area contributed by atoms with Crippen LogP contribution in [-0.2, 0) is 24.3 Å². The molecule has 1 aliphatic heterocycles. The largest absolute Gasteiger partial charge is 0.452 e. The van der Waals surface area contributed by atoms with Gasteiger partial charge in [-0.1, -0.05) is 5.16 Å². The number of morpholine rings is 1. The predicted molar refractivity (Wildman–Crippen MR) is 99.1 cm³/mol. The molecule has 0 aliphatic carbocycles. The minimum Gasteiger partial charge on any atom is -0.452 e. The first kappa shape index (κ1) is 20.5. The average Bonchev–Trinajstić information content (AvgIpc) is 3.20. The molecule has 0 radical (unpaired) electrons. The van der Waals surface area contributed by atoms with Crippen molar-refractivity contribution in [3.8, 4) is 0 Å². The van der Waals surface area contributed by atoms with Crippen molar-refractivity contribution in [2.75, 3.05) is 38.2 Å². The van der Waals surface area contributed by atoms with Gasteiger partial charge in [-0.05, 0) is 34.1 Å². The number of anilines is 1. The van der Waals surface area contributed by atoms with E-state index in [0.29, 0.717) is 17.7 Å². The number of sulfonamides is 1. The lowest BCUT2D eigenvalue weighted by atomic mass is 10.2. The second-order valence-electron chi connectivity index (χ2n) is 5.67. The van der Waals surface area contributed by atoms with Gasteiger partial charge in [-0.3, -0.25) is 4.79 Å². The molecule has 0 unspecified atom stereocenters. The Morgan fingerprint density at radius 1 is 1.25 bits per heavy atom. The molecule has 12 heteroatoms. The van der Waals surface area contributed by atoms with Crippen LogP contribution in [0.15, 0.2) is 44.4 Å². The van der Waals surface area contributed by atoms with Gasteiger partial charge in [-0.2, -0.15) is 4.31 Å². The number of carbonyl (C=O) groups excluding carboxylic acids is 2. The van der Waals surface area contributed by atoms with Gasteiger partial charge in [0.1, 0.15) is 6.26 Å². The monoisotopic (exact) mass is 473 g/mol. The Bertz CT molecular complexity index is 957. The fourth-order valence-corrected chi connectivity index (χ4v) is 4.78. The summed E-state index contributed by atoms with van der Waals surface area (Å²) in [5.74, 6) is -1.26. The maximum absolute atomic E-state index is 12.8. The highest BCUT2D eigenvalue weighted by atomic mass is 79.9. The van der Waals surface area contributed by atoms with E-state index >= 15 is 0 Å². The first-order chi connectivity index (χ1) is 13.4.